The summed E-state index contributed by atoms with van der Waals surface area (Å²) in [6, 6.07) is 6.34. The number of amides is 2. The van der Waals surface area contributed by atoms with Gasteiger partial charge in [-0.05, 0) is 49.6 Å². The summed E-state index contributed by atoms with van der Waals surface area (Å²) in [7, 11) is 0. The summed E-state index contributed by atoms with van der Waals surface area (Å²) in [5, 5.41) is 2.20. The molecular weight excluding hydrogens is 450 g/mol. The molecule has 0 radical (unpaired) electrons. The molecule has 4 nitrogen and oxygen atoms in total. The number of hydrogen-bond acceptors (Lipinski definition) is 2. The fourth-order valence-electron chi connectivity index (χ4n) is 4.11. The second-order valence-electron chi connectivity index (χ2n) is 8.28. The lowest BCUT2D eigenvalue weighted by Gasteiger charge is -2.28. The molecule has 10 heteroatoms. The summed E-state index contributed by atoms with van der Waals surface area (Å²) >= 11 is 0. The van der Waals surface area contributed by atoms with Gasteiger partial charge in [0, 0.05) is 24.3 Å². The number of aryl methyl sites for hydroxylation is 2. The Hall–Kier alpha value is -3.04. The number of alkyl halides is 6. The summed E-state index contributed by atoms with van der Waals surface area (Å²) in [6.45, 7) is 5.23. The third-order valence-electron chi connectivity index (χ3n) is 5.96. The predicted octanol–water partition coefficient (Wildman–Crippen LogP) is 6.11. The molecule has 2 aromatic carbocycles. The minimum atomic E-state index is -5.04. The third kappa shape index (κ3) is 4.84. The van der Waals surface area contributed by atoms with Crippen molar-refractivity contribution in [1.29, 1.82) is 0 Å². The summed E-state index contributed by atoms with van der Waals surface area (Å²) < 4.78 is 78.9. The zero-order valence-electron chi connectivity index (χ0n) is 18.1. The van der Waals surface area contributed by atoms with E-state index in [-0.39, 0.29) is 31.4 Å². The number of halogens is 6. The summed E-state index contributed by atoms with van der Waals surface area (Å²) in [4.78, 5) is 27.4. The molecule has 1 aliphatic heterocycles. The first-order chi connectivity index (χ1) is 15.2. The fourth-order valence-corrected chi connectivity index (χ4v) is 4.11. The molecule has 1 atom stereocenters. The zero-order chi connectivity index (χ0) is 24.8. The molecule has 0 unspecified atom stereocenters. The SMILES string of the molecule is CC[C@@]1(C(=O)Nc2cc(C(F)(F)F)cc(C(F)(F)F)c2)CC(=O)N(c2c(C)cccc2C)C1. The van der Waals surface area contributed by atoms with Crippen molar-refractivity contribution in [3.05, 3.63) is 58.7 Å². The number of nitrogens with zero attached hydrogens (tertiary/aromatic N) is 1. The van der Waals surface area contributed by atoms with E-state index in [2.05, 4.69) is 5.32 Å². The van der Waals surface area contributed by atoms with Crippen LogP contribution in [0.4, 0.5) is 37.7 Å². The van der Waals surface area contributed by atoms with Gasteiger partial charge in [-0.2, -0.15) is 26.3 Å². The summed E-state index contributed by atoms with van der Waals surface area (Å²) in [5.74, 6) is -1.15. The maximum atomic E-state index is 13.2. The van der Waals surface area contributed by atoms with Gasteiger partial charge in [0.15, 0.2) is 0 Å². The van der Waals surface area contributed by atoms with E-state index in [1.165, 1.54) is 4.90 Å². The highest BCUT2D eigenvalue weighted by Crippen LogP contribution is 2.42. The zero-order valence-corrected chi connectivity index (χ0v) is 18.1. The van der Waals surface area contributed by atoms with E-state index in [1.54, 1.807) is 6.92 Å². The Morgan fingerprint density at radius 3 is 1.97 bits per heavy atom. The van der Waals surface area contributed by atoms with Crippen LogP contribution >= 0.6 is 0 Å². The lowest BCUT2D eigenvalue weighted by molar-refractivity contribution is -0.143. The van der Waals surface area contributed by atoms with Crippen LogP contribution in [0.1, 0.15) is 42.0 Å². The number of anilines is 2. The van der Waals surface area contributed by atoms with Crippen molar-refractivity contribution in [2.75, 3.05) is 16.8 Å². The van der Waals surface area contributed by atoms with E-state index in [0.29, 0.717) is 17.8 Å². The molecule has 2 aromatic rings. The highest BCUT2D eigenvalue weighted by Gasteiger charge is 2.49. The van der Waals surface area contributed by atoms with Crippen molar-refractivity contribution in [1.82, 2.24) is 0 Å². The van der Waals surface area contributed by atoms with Gasteiger partial charge >= 0.3 is 12.4 Å². The van der Waals surface area contributed by atoms with Crippen molar-refractivity contribution in [2.45, 2.75) is 46.0 Å². The van der Waals surface area contributed by atoms with Crippen LogP contribution in [0.3, 0.4) is 0 Å². The maximum Gasteiger partial charge on any atom is 0.416 e. The first kappa shape index (κ1) is 24.6. The minimum absolute atomic E-state index is 0.00691. The molecule has 3 rings (SSSR count). The summed E-state index contributed by atoms with van der Waals surface area (Å²) in [6.07, 6.45) is -10.1. The number of nitrogens with one attached hydrogen (secondary N) is 1. The van der Waals surface area contributed by atoms with Crippen LogP contribution in [0.25, 0.3) is 0 Å². The van der Waals surface area contributed by atoms with E-state index in [0.717, 1.165) is 11.1 Å². The van der Waals surface area contributed by atoms with Gasteiger partial charge in [-0.15, -0.1) is 0 Å². The predicted molar refractivity (Wildman–Crippen MR) is 111 cm³/mol. The van der Waals surface area contributed by atoms with Gasteiger partial charge in [-0.25, -0.2) is 0 Å². The highest BCUT2D eigenvalue weighted by atomic mass is 19.4. The average Bonchev–Trinajstić information content (AvgIpc) is 3.04. The van der Waals surface area contributed by atoms with Crippen LogP contribution in [0.2, 0.25) is 0 Å². The first-order valence-corrected chi connectivity index (χ1v) is 10.2. The maximum absolute atomic E-state index is 13.2. The van der Waals surface area contributed by atoms with Gasteiger partial charge in [0.25, 0.3) is 0 Å². The molecule has 1 saturated heterocycles. The number of rotatable bonds is 4. The van der Waals surface area contributed by atoms with Crippen LogP contribution in [0, 0.1) is 19.3 Å². The third-order valence-corrected chi connectivity index (χ3v) is 5.96. The van der Waals surface area contributed by atoms with Crippen molar-refractivity contribution >= 4 is 23.2 Å². The van der Waals surface area contributed by atoms with E-state index in [4.69, 9.17) is 0 Å². The number of hydrogen-bond donors (Lipinski definition) is 1. The molecule has 2 amide bonds. The fraction of sp³-hybridized carbons (Fsp3) is 0.391. The summed E-state index contributed by atoms with van der Waals surface area (Å²) in [5.41, 5.74) is -2.74. The molecular formula is C23H22F6N2O2. The lowest BCUT2D eigenvalue weighted by Crippen LogP contribution is -2.39. The monoisotopic (exact) mass is 472 g/mol. The van der Waals surface area contributed by atoms with Crippen LogP contribution in [0.5, 0.6) is 0 Å². The molecule has 1 heterocycles. The van der Waals surface area contributed by atoms with Gasteiger partial charge in [0.05, 0.1) is 16.5 Å². The van der Waals surface area contributed by atoms with Crippen molar-refractivity contribution < 1.29 is 35.9 Å². The largest absolute Gasteiger partial charge is 0.416 e. The number of carbonyl (C=O) groups excluding carboxylic acids is 2. The molecule has 0 aromatic heterocycles. The molecule has 1 fully saturated rings. The Morgan fingerprint density at radius 2 is 1.52 bits per heavy atom. The first-order valence-electron chi connectivity index (χ1n) is 10.2. The molecule has 178 valence electrons. The van der Waals surface area contributed by atoms with E-state index in [1.807, 2.05) is 32.0 Å². The normalized spacial score (nSPS) is 19.2. The smallest absolute Gasteiger partial charge is 0.326 e. The van der Waals surface area contributed by atoms with Crippen LogP contribution in [0.15, 0.2) is 36.4 Å². The quantitative estimate of drug-likeness (QED) is 0.546. The Morgan fingerprint density at radius 1 is 1.00 bits per heavy atom. The van der Waals surface area contributed by atoms with Crippen LogP contribution in [-0.4, -0.2) is 18.4 Å². The Balaban J connectivity index is 1.96. The highest BCUT2D eigenvalue weighted by molar-refractivity contribution is 6.06. The molecule has 0 saturated carbocycles. The van der Waals surface area contributed by atoms with Crippen LogP contribution < -0.4 is 10.2 Å². The Kier molecular flexibility index (Phi) is 6.25. The molecule has 0 aliphatic carbocycles. The van der Waals surface area contributed by atoms with Crippen molar-refractivity contribution in [3.8, 4) is 0 Å². The number of carbonyl (C=O) groups is 2. The molecule has 33 heavy (non-hydrogen) atoms. The van der Waals surface area contributed by atoms with E-state index >= 15 is 0 Å². The standard InChI is InChI=1S/C23H22F6N2O2/c1-4-21(11-18(32)31(12-21)19-13(2)6-5-7-14(19)3)20(33)30-17-9-15(22(24,25)26)8-16(10-17)23(27,28)29/h5-10H,4,11-12H2,1-3H3,(H,30,33)/t21-/m1/s1. The van der Waals surface area contributed by atoms with Crippen LogP contribution in [-0.2, 0) is 21.9 Å². The van der Waals surface area contributed by atoms with E-state index < -0.39 is 40.5 Å². The van der Waals surface area contributed by atoms with Crippen molar-refractivity contribution in [3.63, 3.8) is 0 Å². The van der Waals surface area contributed by atoms with Gasteiger partial charge in [0.1, 0.15) is 0 Å². The second kappa shape index (κ2) is 8.39. The molecule has 0 spiro atoms. The number of para-hydroxylation sites is 1. The van der Waals surface area contributed by atoms with Gasteiger partial charge in [0.2, 0.25) is 11.8 Å². The lowest BCUT2D eigenvalue weighted by atomic mass is 9.83. The van der Waals surface area contributed by atoms with E-state index in [9.17, 15) is 35.9 Å². The average molecular weight is 472 g/mol. The Labute approximate surface area is 186 Å². The van der Waals surface area contributed by atoms with Gasteiger partial charge in [-0.1, -0.05) is 25.1 Å². The Bertz CT molecular complexity index is 1040. The topological polar surface area (TPSA) is 49.4 Å². The minimum Gasteiger partial charge on any atom is -0.326 e. The van der Waals surface area contributed by atoms with Gasteiger partial charge < -0.3 is 10.2 Å². The second-order valence-corrected chi connectivity index (χ2v) is 8.28. The molecule has 0 bridgehead atoms. The molecule has 1 N–H and O–H groups in total. The molecule has 1 aliphatic rings. The van der Waals surface area contributed by atoms with Crippen molar-refractivity contribution in [2.24, 2.45) is 5.41 Å². The van der Waals surface area contributed by atoms with Gasteiger partial charge in [-0.3, -0.25) is 9.59 Å². The number of benzene rings is 2.